The Kier molecular flexibility index (Phi) is 17.9. The first-order valence-corrected chi connectivity index (χ1v) is 7.47. The van der Waals surface area contributed by atoms with Crippen LogP contribution in [-0.4, -0.2) is 11.6 Å². The van der Waals surface area contributed by atoms with E-state index in [1.54, 1.807) is 6.92 Å². The van der Waals surface area contributed by atoms with E-state index in [-0.39, 0.29) is 5.78 Å². The molecule has 0 radical (unpaired) electrons. The molecule has 18 heavy (non-hydrogen) atoms. The molecular formula is C16H32O2. The van der Waals surface area contributed by atoms with Crippen LogP contribution in [0.25, 0.3) is 0 Å². The lowest BCUT2D eigenvalue weighted by Gasteiger charge is -2.00. The highest BCUT2D eigenvalue weighted by Crippen LogP contribution is 2.10. The van der Waals surface area contributed by atoms with Crippen molar-refractivity contribution in [2.24, 2.45) is 0 Å². The minimum atomic E-state index is 0.167. The third kappa shape index (κ3) is 29.5. The molecule has 0 aliphatic rings. The lowest BCUT2D eigenvalue weighted by atomic mass is 10.1. The molecule has 0 aliphatic heterocycles. The Morgan fingerprint density at radius 3 is 1.33 bits per heavy atom. The molecular weight excluding hydrogens is 224 g/mol. The van der Waals surface area contributed by atoms with Crippen LogP contribution < -0.4 is 0 Å². The van der Waals surface area contributed by atoms with Crippen molar-refractivity contribution in [3.05, 3.63) is 0 Å². The van der Waals surface area contributed by atoms with Crippen LogP contribution in [0.2, 0.25) is 0 Å². The second kappa shape index (κ2) is 16.3. The minimum Gasteiger partial charge on any atom is -0.300 e. The molecule has 108 valence electrons. The van der Waals surface area contributed by atoms with Crippen molar-refractivity contribution in [3.63, 3.8) is 0 Å². The summed E-state index contributed by atoms with van der Waals surface area (Å²) in [7, 11) is 0. The van der Waals surface area contributed by atoms with Gasteiger partial charge >= 0.3 is 0 Å². The lowest BCUT2D eigenvalue weighted by molar-refractivity contribution is -0.117. The molecule has 0 bridgehead atoms. The van der Waals surface area contributed by atoms with E-state index in [2.05, 4.69) is 6.92 Å². The van der Waals surface area contributed by atoms with Crippen molar-refractivity contribution in [2.75, 3.05) is 0 Å². The number of hydrogen-bond donors (Lipinski definition) is 0. The molecule has 0 aliphatic carbocycles. The van der Waals surface area contributed by atoms with Crippen LogP contribution in [0.3, 0.4) is 0 Å². The van der Waals surface area contributed by atoms with Gasteiger partial charge in [0.05, 0.1) is 0 Å². The maximum atomic E-state index is 10.7. The van der Waals surface area contributed by atoms with Gasteiger partial charge in [-0.25, -0.2) is 0 Å². The van der Waals surface area contributed by atoms with Crippen molar-refractivity contribution >= 4 is 11.6 Å². The van der Waals surface area contributed by atoms with E-state index in [4.69, 9.17) is 0 Å². The fourth-order valence-corrected chi connectivity index (χ4v) is 1.68. The summed E-state index contributed by atoms with van der Waals surface area (Å²) in [5, 5.41) is 0. The molecule has 0 aromatic carbocycles. The van der Waals surface area contributed by atoms with Gasteiger partial charge in [-0.2, -0.15) is 0 Å². The third-order valence-corrected chi connectivity index (χ3v) is 2.63. The van der Waals surface area contributed by atoms with Gasteiger partial charge in [-0.05, 0) is 27.2 Å². The number of carbonyl (C=O) groups excluding carboxylic acids is 2. The van der Waals surface area contributed by atoms with Gasteiger partial charge in [-0.15, -0.1) is 0 Å². The van der Waals surface area contributed by atoms with E-state index in [1.807, 2.05) is 0 Å². The van der Waals surface area contributed by atoms with Crippen LogP contribution in [-0.2, 0) is 9.59 Å². The second-order valence-corrected chi connectivity index (χ2v) is 5.19. The van der Waals surface area contributed by atoms with Crippen LogP contribution >= 0.6 is 0 Å². The van der Waals surface area contributed by atoms with E-state index >= 15 is 0 Å². The van der Waals surface area contributed by atoms with E-state index in [0.29, 0.717) is 5.78 Å². The smallest absolute Gasteiger partial charge is 0.129 e. The van der Waals surface area contributed by atoms with Crippen LogP contribution in [0.4, 0.5) is 0 Å². The zero-order chi connectivity index (χ0) is 14.2. The number of hydrogen-bond acceptors (Lipinski definition) is 2. The standard InChI is InChI=1S/C13H26O.C3H6O/c1-3-4-5-6-7-8-9-10-11-12-13(2)14;1-3(2)4/h3-12H2,1-2H3;1-2H3. The molecule has 0 aromatic heterocycles. The quantitative estimate of drug-likeness (QED) is 0.510. The van der Waals surface area contributed by atoms with E-state index < -0.39 is 0 Å². The van der Waals surface area contributed by atoms with Gasteiger partial charge in [0.25, 0.3) is 0 Å². The van der Waals surface area contributed by atoms with Crippen molar-refractivity contribution in [3.8, 4) is 0 Å². The van der Waals surface area contributed by atoms with E-state index in [0.717, 1.165) is 12.8 Å². The SMILES string of the molecule is CC(C)=O.CCCCCCCCCCCC(C)=O. The Morgan fingerprint density at radius 2 is 1.00 bits per heavy atom. The minimum absolute atomic E-state index is 0.167. The third-order valence-electron chi connectivity index (χ3n) is 2.63. The lowest BCUT2D eigenvalue weighted by Crippen LogP contribution is -1.89. The fraction of sp³-hybridized carbons (Fsp3) is 0.875. The summed E-state index contributed by atoms with van der Waals surface area (Å²) in [4.78, 5) is 20.1. The van der Waals surface area contributed by atoms with Crippen LogP contribution in [0.15, 0.2) is 0 Å². The topological polar surface area (TPSA) is 34.1 Å². The summed E-state index contributed by atoms with van der Waals surface area (Å²) in [5.74, 6) is 0.507. The fourth-order valence-electron chi connectivity index (χ4n) is 1.68. The largest absolute Gasteiger partial charge is 0.300 e. The molecule has 2 nitrogen and oxygen atoms in total. The first-order valence-electron chi connectivity index (χ1n) is 7.47. The van der Waals surface area contributed by atoms with Crippen molar-refractivity contribution in [2.45, 2.75) is 91.9 Å². The van der Waals surface area contributed by atoms with Gasteiger partial charge in [0.15, 0.2) is 0 Å². The molecule has 0 rings (SSSR count). The zero-order valence-corrected chi connectivity index (χ0v) is 12.9. The van der Waals surface area contributed by atoms with E-state index in [1.165, 1.54) is 65.2 Å². The molecule has 0 aromatic rings. The highest BCUT2D eigenvalue weighted by molar-refractivity contribution is 5.75. The molecule has 0 spiro atoms. The highest BCUT2D eigenvalue weighted by atomic mass is 16.1. The summed E-state index contributed by atoms with van der Waals surface area (Å²) in [6, 6.07) is 0. The molecule has 2 heteroatoms. The average Bonchev–Trinajstić information content (AvgIpc) is 2.26. The number of unbranched alkanes of at least 4 members (excludes halogenated alkanes) is 8. The first kappa shape index (κ1) is 19.7. The summed E-state index contributed by atoms with van der Waals surface area (Å²) in [6.45, 7) is 6.99. The predicted molar refractivity (Wildman–Crippen MR) is 78.9 cm³/mol. The first-order chi connectivity index (χ1) is 8.50. The van der Waals surface area contributed by atoms with Gasteiger partial charge in [0.2, 0.25) is 0 Å². The maximum absolute atomic E-state index is 10.7. The Labute approximate surface area is 114 Å². The molecule has 0 amide bonds. The summed E-state index contributed by atoms with van der Waals surface area (Å²) in [5.41, 5.74) is 0. The van der Waals surface area contributed by atoms with Crippen molar-refractivity contribution in [1.82, 2.24) is 0 Å². The highest BCUT2D eigenvalue weighted by Gasteiger charge is 1.94. The number of Topliss-reactive ketones (excluding diaryl/α,β-unsaturated/α-hetero) is 2. The Bertz CT molecular complexity index is 193. The molecule has 0 unspecified atom stereocenters. The molecule has 0 atom stereocenters. The normalized spacial score (nSPS) is 9.56. The summed E-state index contributed by atoms with van der Waals surface area (Å²) < 4.78 is 0. The van der Waals surface area contributed by atoms with Crippen LogP contribution in [0, 0.1) is 0 Å². The number of carbonyl (C=O) groups is 2. The Morgan fingerprint density at radius 1 is 0.667 bits per heavy atom. The summed E-state index contributed by atoms with van der Waals surface area (Å²) in [6.07, 6.45) is 12.7. The van der Waals surface area contributed by atoms with Gasteiger partial charge in [-0.1, -0.05) is 58.3 Å². The Balaban J connectivity index is 0. The molecule has 0 saturated heterocycles. The molecule has 0 N–H and O–H groups in total. The molecule has 0 fully saturated rings. The second-order valence-electron chi connectivity index (χ2n) is 5.19. The van der Waals surface area contributed by atoms with Gasteiger partial charge in [0, 0.05) is 6.42 Å². The number of ketones is 2. The van der Waals surface area contributed by atoms with Gasteiger partial charge in [-0.3, -0.25) is 0 Å². The van der Waals surface area contributed by atoms with Crippen LogP contribution in [0.5, 0.6) is 0 Å². The van der Waals surface area contributed by atoms with Gasteiger partial charge < -0.3 is 9.59 Å². The molecule has 0 heterocycles. The zero-order valence-electron chi connectivity index (χ0n) is 12.9. The average molecular weight is 256 g/mol. The number of rotatable bonds is 10. The Hall–Kier alpha value is -0.660. The van der Waals surface area contributed by atoms with Gasteiger partial charge in [0.1, 0.15) is 11.6 Å². The maximum Gasteiger partial charge on any atom is 0.129 e. The van der Waals surface area contributed by atoms with Crippen LogP contribution in [0.1, 0.15) is 91.9 Å². The van der Waals surface area contributed by atoms with E-state index in [9.17, 15) is 9.59 Å². The molecule has 0 saturated carbocycles. The summed E-state index contributed by atoms with van der Waals surface area (Å²) >= 11 is 0. The predicted octanol–water partition coefficient (Wildman–Crippen LogP) is 5.09. The monoisotopic (exact) mass is 256 g/mol. The van der Waals surface area contributed by atoms with Crippen molar-refractivity contribution in [1.29, 1.82) is 0 Å². The van der Waals surface area contributed by atoms with Crippen molar-refractivity contribution < 1.29 is 9.59 Å².